The maximum Gasteiger partial charge on any atom is 0.490 e. The van der Waals surface area contributed by atoms with Gasteiger partial charge in [0.25, 0.3) is 15.9 Å². The second-order valence-corrected chi connectivity index (χ2v) is 11.3. The highest BCUT2D eigenvalue weighted by Gasteiger charge is 2.38. The summed E-state index contributed by atoms with van der Waals surface area (Å²) in [6.07, 6.45) is -5.08. The number of piperazine rings is 1. The topological polar surface area (TPSA) is 128 Å². The van der Waals surface area contributed by atoms with Crippen molar-refractivity contribution < 1.29 is 36.3 Å². The second kappa shape index (κ2) is 13.2. The zero-order valence-corrected chi connectivity index (χ0v) is 23.4. The van der Waals surface area contributed by atoms with E-state index in [1.165, 1.54) is 0 Å². The van der Waals surface area contributed by atoms with Crippen LogP contribution in [0.3, 0.4) is 0 Å². The van der Waals surface area contributed by atoms with E-state index < -0.39 is 22.2 Å². The molecular formula is C26H35F3N4O5S. The van der Waals surface area contributed by atoms with Crippen LogP contribution in [-0.2, 0) is 14.8 Å². The van der Waals surface area contributed by atoms with Crippen molar-refractivity contribution in [1.82, 2.24) is 10.6 Å². The van der Waals surface area contributed by atoms with E-state index in [1.807, 2.05) is 39.8 Å². The van der Waals surface area contributed by atoms with Crippen LogP contribution in [0.25, 0.3) is 0 Å². The summed E-state index contributed by atoms with van der Waals surface area (Å²) in [5.41, 5.74) is 4.32. The minimum atomic E-state index is -5.08. The van der Waals surface area contributed by atoms with Crippen LogP contribution in [0.15, 0.2) is 35.2 Å². The first-order valence-electron chi connectivity index (χ1n) is 12.3. The van der Waals surface area contributed by atoms with Crippen LogP contribution in [-0.4, -0.2) is 64.3 Å². The number of carbonyl (C=O) groups excluding carboxylic acids is 1. The van der Waals surface area contributed by atoms with Crippen LogP contribution >= 0.6 is 0 Å². The molecule has 0 atom stereocenters. The zero-order valence-electron chi connectivity index (χ0n) is 22.6. The molecule has 1 heterocycles. The number of aliphatic carboxylic acids is 1. The molecule has 1 aliphatic heterocycles. The molecule has 1 aliphatic rings. The number of hydrogen-bond donors (Lipinski definition) is 4. The molecule has 0 aromatic heterocycles. The van der Waals surface area contributed by atoms with E-state index in [0.717, 1.165) is 43.0 Å². The number of halogens is 3. The van der Waals surface area contributed by atoms with Gasteiger partial charge < -0.3 is 20.6 Å². The van der Waals surface area contributed by atoms with Gasteiger partial charge in [0.1, 0.15) is 0 Å². The minimum absolute atomic E-state index is 0.198. The first kappa shape index (κ1) is 31.9. The third-order valence-corrected chi connectivity index (χ3v) is 7.47. The summed E-state index contributed by atoms with van der Waals surface area (Å²) in [6, 6.07) is 8.77. The summed E-state index contributed by atoms with van der Waals surface area (Å²) in [7, 11) is -3.79. The zero-order chi connectivity index (χ0) is 29.5. The summed E-state index contributed by atoms with van der Waals surface area (Å²) in [5.74, 6) is -2.64. The number of carbonyl (C=O) groups is 2. The number of alkyl halides is 3. The summed E-state index contributed by atoms with van der Waals surface area (Å²) in [6.45, 7) is 13.5. The van der Waals surface area contributed by atoms with Crippen molar-refractivity contribution in [2.75, 3.05) is 42.3 Å². The summed E-state index contributed by atoms with van der Waals surface area (Å²) >= 11 is 0. The molecule has 39 heavy (non-hydrogen) atoms. The van der Waals surface area contributed by atoms with Gasteiger partial charge in [0.05, 0.1) is 10.5 Å². The van der Waals surface area contributed by atoms with Crippen molar-refractivity contribution in [3.63, 3.8) is 0 Å². The van der Waals surface area contributed by atoms with E-state index in [1.54, 1.807) is 25.1 Å². The third-order valence-electron chi connectivity index (χ3n) is 5.95. The van der Waals surface area contributed by atoms with Gasteiger partial charge in [0.15, 0.2) is 0 Å². The number of nitrogens with zero attached hydrogens (tertiary/aromatic N) is 1. The lowest BCUT2D eigenvalue weighted by atomic mass is 10.1. The van der Waals surface area contributed by atoms with Crippen LogP contribution in [0.1, 0.15) is 40.9 Å². The van der Waals surface area contributed by atoms with Crippen LogP contribution in [0.5, 0.6) is 0 Å². The van der Waals surface area contributed by atoms with Gasteiger partial charge in [0, 0.05) is 44.1 Å². The summed E-state index contributed by atoms with van der Waals surface area (Å²) in [4.78, 5) is 24.3. The van der Waals surface area contributed by atoms with Gasteiger partial charge in [-0.1, -0.05) is 19.9 Å². The molecule has 0 bridgehead atoms. The second-order valence-electron chi connectivity index (χ2n) is 9.68. The van der Waals surface area contributed by atoms with E-state index in [0.29, 0.717) is 29.3 Å². The number of sulfonamides is 1. The Morgan fingerprint density at radius 1 is 1.03 bits per heavy atom. The number of aryl methyl sites for hydroxylation is 3. The molecule has 4 N–H and O–H groups in total. The molecule has 1 amide bonds. The molecule has 2 aromatic carbocycles. The van der Waals surface area contributed by atoms with E-state index in [9.17, 15) is 26.4 Å². The molecule has 0 spiro atoms. The van der Waals surface area contributed by atoms with Gasteiger partial charge in [-0.3, -0.25) is 9.52 Å². The number of anilines is 2. The molecule has 3 rings (SSSR count). The van der Waals surface area contributed by atoms with Gasteiger partial charge in [-0.25, -0.2) is 13.2 Å². The number of carboxylic acid groups (broad SMARTS) is 1. The lowest BCUT2D eigenvalue weighted by Gasteiger charge is -2.31. The fraction of sp³-hybridized carbons (Fsp3) is 0.462. The summed E-state index contributed by atoms with van der Waals surface area (Å²) in [5, 5.41) is 13.4. The maximum atomic E-state index is 13.1. The van der Waals surface area contributed by atoms with Crippen LogP contribution in [0, 0.1) is 26.7 Å². The highest BCUT2D eigenvalue weighted by Crippen LogP contribution is 2.28. The smallest absolute Gasteiger partial charge is 0.475 e. The van der Waals surface area contributed by atoms with E-state index in [2.05, 4.69) is 20.3 Å². The fourth-order valence-corrected chi connectivity index (χ4v) is 5.15. The number of amides is 1. The van der Waals surface area contributed by atoms with Gasteiger partial charge in [-0.05, 0) is 67.6 Å². The molecule has 2 aromatic rings. The Bertz CT molecular complexity index is 1290. The third kappa shape index (κ3) is 9.13. The molecule has 0 saturated carbocycles. The van der Waals surface area contributed by atoms with E-state index in [4.69, 9.17) is 9.90 Å². The van der Waals surface area contributed by atoms with Gasteiger partial charge in [-0.15, -0.1) is 0 Å². The lowest BCUT2D eigenvalue weighted by molar-refractivity contribution is -0.192. The monoisotopic (exact) mass is 572 g/mol. The number of benzene rings is 2. The average molecular weight is 573 g/mol. The average Bonchev–Trinajstić information content (AvgIpc) is 2.84. The SMILES string of the molecule is Cc1cc(C)c(S(=O)(=O)Nc2ccc(N3CCNCC3)c(C(=O)NCC(C)C)c2)cc1C.O=C(O)C(F)(F)F. The van der Waals surface area contributed by atoms with Crippen molar-refractivity contribution in [1.29, 1.82) is 0 Å². The standard InChI is InChI=1S/C24H34N4O3S.C2HF3O2/c1-16(2)15-26-24(29)21-14-20(6-7-22(21)28-10-8-25-9-11-28)27-32(30,31)23-13-18(4)17(3)12-19(23)5;3-2(4,5)1(6)7/h6-7,12-14,16,25,27H,8-11,15H2,1-5H3,(H,26,29);(H,6,7). The summed E-state index contributed by atoms with van der Waals surface area (Å²) < 4.78 is 60.7. The Morgan fingerprint density at radius 2 is 1.59 bits per heavy atom. The predicted molar refractivity (Wildman–Crippen MR) is 144 cm³/mol. The predicted octanol–water partition coefficient (Wildman–Crippen LogP) is 3.84. The van der Waals surface area contributed by atoms with Crippen molar-refractivity contribution >= 4 is 33.3 Å². The molecular weight excluding hydrogens is 537 g/mol. The van der Waals surface area contributed by atoms with Gasteiger partial charge >= 0.3 is 12.1 Å². The number of nitrogens with one attached hydrogen (secondary N) is 3. The Kier molecular flexibility index (Phi) is 10.8. The van der Waals surface area contributed by atoms with E-state index in [-0.39, 0.29) is 10.8 Å². The Hall–Kier alpha value is -3.32. The Morgan fingerprint density at radius 3 is 2.13 bits per heavy atom. The largest absolute Gasteiger partial charge is 0.490 e. The molecule has 0 radical (unpaired) electrons. The number of rotatable bonds is 7. The first-order chi connectivity index (χ1) is 18.0. The Balaban J connectivity index is 0.000000673. The molecule has 9 nitrogen and oxygen atoms in total. The van der Waals surface area contributed by atoms with Crippen molar-refractivity contribution in [2.45, 2.75) is 45.7 Å². The molecule has 0 aliphatic carbocycles. The van der Waals surface area contributed by atoms with Crippen LogP contribution in [0.4, 0.5) is 24.5 Å². The maximum absolute atomic E-state index is 13.1. The van der Waals surface area contributed by atoms with Gasteiger partial charge in [0.2, 0.25) is 0 Å². The lowest BCUT2D eigenvalue weighted by Crippen LogP contribution is -2.44. The molecule has 216 valence electrons. The first-order valence-corrected chi connectivity index (χ1v) is 13.8. The van der Waals surface area contributed by atoms with Crippen molar-refractivity contribution in [3.8, 4) is 0 Å². The van der Waals surface area contributed by atoms with Crippen LogP contribution < -0.4 is 20.3 Å². The van der Waals surface area contributed by atoms with Crippen LogP contribution in [0.2, 0.25) is 0 Å². The normalized spacial score (nSPS) is 13.9. The van der Waals surface area contributed by atoms with E-state index >= 15 is 0 Å². The van der Waals surface area contributed by atoms with Crippen molar-refractivity contribution in [3.05, 3.63) is 52.6 Å². The minimum Gasteiger partial charge on any atom is -0.475 e. The molecule has 1 saturated heterocycles. The fourth-order valence-electron chi connectivity index (χ4n) is 3.79. The number of carboxylic acids is 1. The molecule has 1 fully saturated rings. The highest BCUT2D eigenvalue weighted by molar-refractivity contribution is 7.92. The quantitative estimate of drug-likeness (QED) is 0.397. The molecule has 0 unspecified atom stereocenters. The van der Waals surface area contributed by atoms with Crippen molar-refractivity contribution in [2.24, 2.45) is 5.92 Å². The highest BCUT2D eigenvalue weighted by atomic mass is 32.2. The van der Waals surface area contributed by atoms with Gasteiger partial charge in [-0.2, -0.15) is 13.2 Å². The Labute approximate surface area is 226 Å². The number of hydrogen-bond acceptors (Lipinski definition) is 6. The molecule has 13 heteroatoms.